The number of allylic oxidation sites excluding steroid dienone is 2. The average molecular weight is 318 g/mol. The number of carboxylic acids is 1. The van der Waals surface area contributed by atoms with Crippen LogP contribution in [0, 0.1) is 22.7 Å². The van der Waals surface area contributed by atoms with Crippen molar-refractivity contribution in [3.8, 4) is 0 Å². The van der Waals surface area contributed by atoms with Crippen LogP contribution in [-0.2, 0) is 4.79 Å². The van der Waals surface area contributed by atoms with Gasteiger partial charge in [-0.3, -0.25) is 4.79 Å². The Morgan fingerprint density at radius 1 is 1.39 bits per heavy atom. The van der Waals surface area contributed by atoms with Gasteiger partial charge in [0.05, 0.1) is 12.0 Å². The highest BCUT2D eigenvalue weighted by Crippen LogP contribution is 2.61. The molecule has 3 heteroatoms. The second-order valence-electron chi connectivity index (χ2n) is 7.76. The van der Waals surface area contributed by atoms with Gasteiger partial charge in [0.15, 0.2) is 0 Å². The lowest BCUT2D eigenvalue weighted by molar-refractivity contribution is -0.164. The summed E-state index contributed by atoms with van der Waals surface area (Å²) in [6.07, 6.45) is 9.15. The molecule has 0 aromatic rings. The summed E-state index contributed by atoms with van der Waals surface area (Å²) in [6.45, 7) is 12.2. The summed E-state index contributed by atoms with van der Waals surface area (Å²) in [5, 5.41) is 19.2. The SMILES string of the molecule is C=C/C(=C\C[C@H]1C(=C)CC[C@@H]2[C@]1(C)CCC[C@]2(C)C(=O)O)CO. The first-order valence-electron chi connectivity index (χ1n) is 8.63. The highest BCUT2D eigenvalue weighted by atomic mass is 16.4. The van der Waals surface area contributed by atoms with E-state index in [-0.39, 0.29) is 23.9 Å². The van der Waals surface area contributed by atoms with Crippen molar-refractivity contribution < 1.29 is 15.0 Å². The molecule has 0 aliphatic heterocycles. The molecule has 0 amide bonds. The van der Waals surface area contributed by atoms with Crippen LogP contribution in [-0.4, -0.2) is 22.8 Å². The molecule has 0 radical (unpaired) electrons. The van der Waals surface area contributed by atoms with Crippen LogP contribution >= 0.6 is 0 Å². The molecule has 0 bridgehead atoms. The number of aliphatic hydroxyl groups is 1. The number of carbonyl (C=O) groups is 1. The molecule has 2 aliphatic rings. The molecule has 0 saturated heterocycles. The standard InChI is InChI=1S/C20H30O3/c1-5-15(13-21)8-9-16-14(2)7-10-17-19(16,3)11-6-12-20(17,4)18(22)23/h5,8,16-17,21H,1-2,6-7,9-13H2,3-4H3,(H,22,23)/b15-8+/t16-,17+,19+,20-/m0/s1. The smallest absolute Gasteiger partial charge is 0.309 e. The minimum Gasteiger partial charge on any atom is -0.481 e. The van der Waals surface area contributed by atoms with Crippen LogP contribution in [0.15, 0.2) is 36.5 Å². The molecule has 2 rings (SSSR count). The third-order valence-electron chi connectivity index (χ3n) is 6.57. The van der Waals surface area contributed by atoms with E-state index in [0.717, 1.165) is 44.1 Å². The molecule has 128 valence electrons. The first-order chi connectivity index (χ1) is 10.8. The molecule has 4 atom stereocenters. The van der Waals surface area contributed by atoms with Crippen LogP contribution in [0.1, 0.15) is 52.4 Å². The lowest BCUT2D eigenvalue weighted by Gasteiger charge is -2.57. The molecule has 0 spiro atoms. The van der Waals surface area contributed by atoms with Gasteiger partial charge in [0.2, 0.25) is 0 Å². The molecule has 23 heavy (non-hydrogen) atoms. The van der Waals surface area contributed by atoms with Crippen molar-refractivity contribution in [3.63, 3.8) is 0 Å². The average Bonchev–Trinajstić information content (AvgIpc) is 2.50. The van der Waals surface area contributed by atoms with Gasteiger partial charge < -0.3 is 10.2 Å². The highest BCUT2D eigenvalue weighted by Gasteiger charge is 2.57. The molecule has 0 aromatic carbocycles. The van der Waals surface area contributed by atoms with E-state index in [4.69, 9.17) is 0 Å². The summed E-state index contributed by atoms with van der Waals surface area (Å²) in [4.78, 5) is 11.9. The maximum atomic E-state index is 11.9. The van der Waals surface area contributed by atoms with Gasteiger partial charge in [-0.2, -0.15) is 0 Å². The highest BCUT2D eigenvalue weighted by molar-refractivity contribution is 5.75. The lowest BCUT2D eigenvalue weighted by Crippen LogP contribution is -2.53. The second-order valence-corrected chi connectivity index (χ2v) is 7.76. The van der Waals surface area contributed by atoms with E-state index in [1.807, 2.05) is 13.0 Å². The van der Waals surface area contributed by atoms with Crippen molar-refractivity contribution in [2.45, 2.75) is 52.4 Å². The molecule has 0 heterocycles. The monoisotopic (exact) mass is 318 g/mol. The summed E-state index contributed by atoms with van der Waals surface area (Å²) < 4.78 is 0. The van der Waals surface area contributed by atoms with Crippen LogP contribution in [0.2, 0.25) is 0 Å². The number of carboxylic acid groups (broad SMARTS) is 1. The van der Waals surface area contributed by atoms with Crippen molar-refractivity contribution in [1.82, 2.24) is 0 Å². The fraction of sp³-hybridized carbons (Fsp3) is 0.650. The second kappa shape index (κ2) is 6.64. The number of hydrogen-bond acceptors (Lipinski definition) is 2. The summed E-state index contributed by atoms with van der Waals surface area (Å²) in [5.74, 6) is -0.189. The van der Waals surface area contributed by atoms with Gasteiger partial charge in [0, 0.05) is 0 Å². The summed E-state index contributed by atoms with van der Waals surface area (Å²) in [5.41, 5.74) is 1.41. The van der Waals surface area contributed by atoms with E-state index in [9.17, 15) is 15.0 Å². The Kier molecular flexibility index (Phi) is 5.20. The summed E-state index contributed by atoms with van der Waals surface area (Å²) >= 11 is 0. The van der Waals surface area contributed by atoms with Crippen molar-refractivity contribution in [3.05, 3.63) is 36.5 Å². The van der Waals surface area contributed by atoms with Gasteiger partial charge in [-0.25, -0.2) is 0 Å². The minimum absolute atomic E-state index is 0.00429. The summed E-state index contributed by atoms with van der Waals surface area (Å²) in [7, 11) is 0. The Bertz CT molecular complexity index is 533. The van der Waals surface area contributed by atoms with Gasteiger partial charge in [-0.15, -0.1) is 0 Å². The Morgan fingerprint density at radius 2 is 2.09 bits per heavy atom. The van der Waals surface area contributed by atoms with Crippen molar-refractivity contribution in [1.29, 1.82) is 0 Å². The Labute approximate surface area is 139 Å². The molecule has 2 saturated carbocycles. The van der Waals surface area contributed by atoms with Crippen LogP contribution < -0.4 is 0 Å². The van der Waals surface area contributed by atoms with Crippen molar-refractivity contribution in [2.24, 2.45) is 22.7 Å². The van der Waals surface area contributed by atoms with Crippen LogP contribution in [0.4, 0.5) is 0 Å². The van der Waals surface area contributed by atoms with E-state index in [2.05, 4.69) is 20.1 Å². The first kappa shape index (κ1) is 18.0. The van der Waals surface area contributed by atoms with Crippen molar-refractivity contribution in [2.75, 3.05) is 6.61 Å². The summed E-state index contributed by atoms with van der Waals surface area (Å²) in [6, 6.07) is 0. The minimum atomic E-state index is -0.655. The Balaban J connectivity index is 2.35. The van der Waals surface area contributed by atoms with Gasteiger partial charge in [0.25, 0.3) is 0 Å². The van der Waals surface area contributed by atoms with Crippen LogP contribution in [0.25, 0.3) is 0 Å². The van der Waals surface area contributed by atoms with Crippen molar-refractivity contribution >= 4 is 5.97 Å². The molecule has 0 unspecified atom stereocenters. The Hall–Kier alpha value is -1.35. The first-order valence-corrected chi connectivity index (χ1v) is 8.63. The van der Waals surface area contributed by atoms with Gasteiger partial charge in [0.1, 0.15) is 0 Å². The quantitative estimate of drug-likeness (QED) is 0.585. The van der Waals surface area contributed by atoms with Gasteiger partial charge in [-0.1, -0.05) is 44.2 Å². The van der Waals surface area contributed by atoms with E-state index >= 15 is 0 Å². The molecule has 0 aromatic heterocycles. The Morgan fingerprint density at radius 3 is 2.65 bits per heavy atom. The maximum absolute atomic E-state index is 11.9. The number of aliphatic carboxylic acids is 1. The molecular formula is C20H30O3. The number of rotatable bonds is 5. The number of aliphatic hydroxyl groups excluding tert-OH is 1. The third kappa shape index (κ3) is 3.03. The largest absolute Gasteiger partial charge is 0.481 e. The molecule has 2 fully saturated rings. The fourth-order valence-electron chi connectivity index (χ4n) is 5.12. The van der Waals surface area contributed by atoms with E-state index in [1.165, 1.54) is 5.57 Å². The molecular weight excluding hydrogens is 288 g/mol. The maximum Gasteiger partial charge on any atom is 0.309 e. The lowest BCUT2D eigenvalue weighted by atomic mass is 9.46. The normalized spacial score (nSPS) is 38.0. The predicted molar refractivity (Wildman–Crippen MR) is 93.0 cm³/mol. The van der Waals surface area contributed by atoms with Crippen LogP contribution in [0.3, 0.4) is 0 Å². The number of fused-ring (bicyclic) bond motifs is 1. The van der Waals surface area contributed by atoms with Gasteiger partial charge in [-0.05, 0) is 61.9 Å². The van der Waals surface area contributed by atoms with Crippen LogP contribution in [0.5, 0.6) is 0 Å². The van der Waals surface area contributed by atoms with Gasteiger partial charge >= 0.3 is 5.97 Å². The predicted octanol–water partition coefficient (Wildman–Crippen LogP) is 4.34. The zero-order valence-electron chi connectivity index (χ0n) is 14.5. The molecule has 2 aliphatic carbocycles. The van der Waals surface area contributed by atoms with E-state index in [1.54, 1.807) is 6.08 Å². The molecule has 3 nitrogen and oxygen atoms in total. The zero-order chi connectivity index (χ0) is 17.3. The third-order valence-corrected chi connectivity index (χ3v) is 6.57. The van der Waals surface area contributed by atoms with E-state index in [0.29, 0.717) is 0 Å². The fourth-order valence-corrected chi connectivity index (χ4v) is 5.12. The zero-order valence-corrected chi connectivity index (χ0v) is 14.5. The number of hydrogen-bond donors (Lipinski definition) is 2. The molecule has 2 N–H and O–H groups in total. The topological polar surface area (TPSA) is 57.5 Å². The van der Waals surface area contributed by atoms with E-state index < -0.39 is 11.4 Å².